The number of Topliss-reactive ketones (excluding diaryl/α,β-unsaturated/α-hetero) is 1. The summed E-state index contributed by atoms with van der Waals surface area (Å²) in [7, 11) is 1.24. The van der Waals surface area contributed by atoms with Gasteiger partial charge in [-0.2, -0.15) is 0 Å². The second-order valence-electron chi connectivity index (χ2n) is 5.23. The molecule has 98 valence electrons. The fraction of sp³-hybridized carbons (Fsp3) is 0.833. The van der Waals surface area contributed by atoms with Gasteiger partial charge in [0.05, 0.1) is 12.7 Å². The van der Waals surface area contributed by atoms with Crippen molar-refractivity contribution < 1.29 is 24.1 Å². The highest BCUT2D eigenvalue weighted by Gasteiger charge is 2.51. The fourth-order valence-electron chi connectivity index (χ4n) is 1.70. The zero-order chi connectivity index (χ0) is 13.1. The van der Waals surface area contributed by atoms with Crippen LogP contribution >= 0.6 is 0 Å². The van der Waals surface area contributed by atoms with Crippen molar-refractivity contribution in [2.45, 2.75) is 57.7 Å². The fourth-order valence-corrected chi connectivity index (χ4v) is 1.70. The maximum Gasteiger partial charge on any atom is 0.349 e. The topological polar surface area (TPSA) is 61.8 Å². The molecule has 1 unspecified atom stereocenters. The van der Waals surface area contributed by atoms with Crippen molar-refractivity contribution >= 4 is 11.8 Å². The highest BCUT2D eigenvalue weighted by molar-refractivity contribution is 6.07. The van der Waals surface area contributed by atoms with Crippen LogP contribution in [0.5, 0.6) is 0 Å². The first-order valence-electron chi connectivity index (χ1n) is 5.80. The van der Waals surface area contributed by atoms with Crippen LogP contribution in [0.15, 0.2) is 0 Å². The first kappa shape index (κ1) is 14.1. The van der Waals surface area contributed by atoms with Crippen molar-refractivity contribution in [3.63, 3.8) is 0 Å². The molecule has 0 aromatic heterocycles. The molecule has 0 heterocycles. The molecule has 0 amide bonds. The lowest BCUT2D eigenvalue weighted by atomic mass is 9.83. The van der Waals surface area contributed by atoms with Crippen molar-refractivity contribution in [3.05, 3.63) is 0 Å². The average Bonchev–Trinajstić information content (AvgIpc) is 2.26. The van der Waals surface area contributed by atoms with Crippen molar-refractivity contribution in [1.82, 2.24) is 0 Å². The van der Waals surface area contributed by atoms with Crippen LogP contribution in [0, 0.1) is 0 Å². The van der Waals surface area contributed by atoms with E-state index in [9.17, 15) is 9.59 Å². The number of carbonyl (C=O) groups excluding carboxylic acids is 2. The Labute approximate surface area is 101 Å². The normalized spacial score (nSPS) is 25.8. The van der Waals surface area contributed by atoms with Crippen molar-refractivity contribution in [1.29, 1.82) is 0 Å². The summed E-state index contributed by atoms with van der Waals surface area (Å²) in [5, 5.41) is 0. The van der Waals surface area contributed by atoms with Gasteiger partial charge in [0, 0.05) is 6.42 Å². The number of rotatable bonds is 3. The number of hydrogen-bond acceptors (Lipinski definition) is 5. The highest BCUT2D eigenvalue weighted by Crippen LogP contribution is 2.31. The number of ketones is 1. The first-order chi connectivity index (χ1) is 7.82. The van der Waals surface area contributed by atoms with E-state index in [1.807, 2.05) is 0 Å². The minimum atomic E-state index is -1.57. The summed E-state index contributed by atoms with van der Waals surface area (Å²) >= 11 is 0. The highest BCUT2D eigenvalue weighted by atomic mass is 17.2. The van der Waals surface area contributed by atoms with Crippen LogP contribution in [0.3, 0.4) is 0 Å². The van der Waals surface area contributed by atoms with E-state index in [0.29, 0.717) is 12.8 Å². The molecule has 0 bridgehead atoms. The molecule has 5 nitrogen and oxygen atoms in total. The van der Waals surface area contributed by atoms with Crippen molar-refractivity contribution in [2.24, 2.45) is 0 Å². The van der Waals surface area contributed by atoms with E-state index < -0.39 is 17.2 Å². The largest absolute Gasteiger partial charge is 0.466 e. The van der Waals surface area contributed by atoms with Gasteiger partial charge in [-0.05, 0) is 40.0 Å². The predicted octanol–water partition coefficient (Wildman–Crippen LogP) is 1.79. The lowest BCUT2D eigenvalue weighted by Crippen LogP contribution is -2.52. The summed E-state index contributed by atoms with van der Waals surface area (Å²) < 4.78 is 4.66. The molecule has 0 saturated heterocycles. The summed E-state index contributed by atoms with van der Waals surface area (Å²) in [6.45, 7) is 5.35. The van der Waals surface area contributed by atoms with Gasteiger partial charge in [0.15, 0.2) is 5.78 Å². The zero-order valence-electron chi connectivity index (χ0n) is 10.9. The van der Waals surface area contributed by atoms with E-state index in [2.05, 4.69) is 4.74 Å². The van der Waals surface area contributed by atoms with Gasteiger partial charge in [0.2, 0.25) is 0 Å². The Morgan fingerprint density at radius 2 is 1.94 bits per heavy atom. The van der Waals surface area contributed by atoms with E-state index in [1.54, 1.807) is 20.8 Å². The molecule has 0 aliphatic heterocycles. The number of ether oxygens (including phenoxy) is 1. The van der Waals surface area contributed by atoms with Gasteiger partial charge in [-0.15, -0.1) is 0 Å². The monoisotopic (exact) mass is 244 g/mol. The van der Waals surface area contributed by atoms with Gasteiger partial charge in [-0.25, -0.2) is 14.6 Å². The average molecular weight is 244 g/mol. The number of esters is 1. The Morgan fingerprint density at radius 1 is 1.29 bits per heavy atom. The Balaban J connectivity index is 2.86. The van der Waals surface area contributed by atoms with E-state index >= 15 is 0 Å². The van der Waals surface area contributed by atoms with Crippen LogP contribution in [-0.4, -0.2) is 30.1 Å². The summed E-state index contributed by atoms with van der Waals surface area (Å²) in [4.78, 5) is 34.0. The Morgan fingerprint density at radius 3 is 2.41 bits per heavy atom. The standard InChI is InChI=1S/C12H20O5/c1-11(2,3)16-17-12(10(14)15-4)8-6-5-7-9(12)13/h5-8H2,1-4H3. The van der Waals surface area contributed by atoms with Crippen molar-refractivity contribution in [3.8, 4) is 0 Å². The molecule has 0 spiro atoms. The van der Waals surface area contributed by atoms with Crippen LogP contribution in [0.4, 0.5) is 0 Å². The summed E-state index contributed by atoms with van der Waals surface area (Å²) in [6.07, 6.45) is 2.15. The van der Waals surface area contributed by atoms with Crippen LogP contribution in [0.2, 0.25) is 0 Å². The predicted molar refractivity (Wildman–Crippen MR) is 60.1 cm³/mol. The molecule has 1 atom stereocenters. The number of methoxy groups -OCH3 is 1. The van der Waals surface area contributed by atoms with Crippen LogP contribution < -0.4 is 0 Å². The van der Waals surface area contributed by atoms with Crippen LogP contribution in [0.1, 0.15) is 46.5 Å². The van der Waals surface area contributed by atoms with Crippen molar-refractivity contribution in [2.75, 3.05) is 7.11 Å². The van der Waals surface area contributed by atoms with Gasteiger partial charge in [0.25, 0.3) is 5.60 Å². The van der Waals surface area contributed by atoms with E-state index in [1.165, 1.54) is 7.11 Å². The lowest BCUT2D eigenvalue weighted by Gasteiger charge is -2.33. The summed E-state index contributed by atoms with van der Waals surface area (Å²) in [5.74, 6) is -0.939. The molecule has 1 rings (SSSR count). The Kier molecular flexibility index (Phi) is 4.27. The van der Waals surface area contributed by atoms with Crippen LogP contribution in [-0.2, 0) is 24.1 Å². The van der Waals surface area contributed by atoms with Gasteiger partial charge in [-0.3, -0.25) is 4.79 Å². The molecule has 1 saturated carbocycles. The van der Waals surface area contributed by atoms with Crippen LogP contribution in [0.25, 0.3) is 0 Å². The molecule has 1 aliphatic rings. The molecule has 0 radical (unpaired) electrons. The SMILES string of the molecule is COC(=O)C1(OOC(C)(C)C)CCCCC1=O. The molecule has 5 heteroatoms. The third-order valence-electron chi connectivity index (χ3n) is 2.58. The Bertz CT molecular complexity index is 295. The van der Waals surface area contributed by atoms with E-state index in [-0.39, 0.29) is 5.78 Å². The second-order valence-corrected chi connectivity index (χ2v) is 5.23. The van der Waals surface area contributed by atoms with Gasteiger partial charge < -0.3 is 4.74 Å². The smallest absolute Gasteiger partial charge is 0.349 e. The second kappa shape index (κ2) is 5.14. The molecule has 0 aromatic carbocycles. The number of carbonyl (C=O) groups is 2. The minimum absolute atomic E-state index is 0.264. The van der Waals surface area contributed by atoms with Gasteiger partial charge >= 0.3 is 5.97 Å². The summed E-state index contributed by atoms with van der Waals surface area (Å²) in [5.41, 5.74) is -2.15. The third-order valence-corrected chi connectivity index (χ3v) is 2.58. The number of hydrogen-bond donors (Lipinski definition) is 0. The zero-order valence-corrected chi connectivity index (χ0v) is 10.9. The third kappa shape index (κ3) is 3.26. The van der Waals surface area contributed by atoms with E-state index in [4.69, 9.17) is 9.78 Å². The molecule has 0 aromatic rings. The van der Waals surface area contributed by atoms with E-state index in [0.717, 1.165) is 12.8 Å². The molecule has 17 heavy (non-hydrogen) atoms. The quantitative estimate of drug-likeness (QED) is 0.328. The molecular formula is C12H20O5. The Hall–Kier alpha value is -0.940. The maximum atomic E-state index is 11.9. The lowest BCUT2D eigenvalue weighted by molar-refractivity contribution is -0.389. The van der Waals surface area contributed by atoms with Gasteiger partial charge in [-0.1, -0.05) is 0 Å². The molecular weight excluding hydrogens is 224 g/mol. The molecule has 0 N–H and O–H groups in total. The summed E-state index contributed by atoms with van der Waals surface area (Å²) in [6, 6.07) is 0. The molecule has 1 fully saturated rings. The minimum Gasteiger partial charge on any atom is -0.466 e. The first-order valence-corrected chi connectivity index (χ1v) is 5.80. The molecule has 1 aliphatic carbocycles. The maximum absolute atomic E-state index is 11.9. The van der Waals surface area contributed by atoms with Gasteiger partial charge in [0.1, 0.15) is 0 Å².